The van der Waals surface area contributed by atoms with Crippen molar-refractivity contribution in [3.8, 4) is 16.9 Å². The number of halogens is 1. The highest BCUT2D eigenvalue weighted by atomic mass is 32.2. The summed E-state index contributed by atoms with van der Waals surface area (Å²) in [5, 5.41) is 3.58. The topological polar surface area (TPSA) is 47.6 Å². The Hall–Kier alpha value is -2.73. The molecule has 0 fully saturated rings. The Morgan fingerprint density at radius 2 is 2.00 bits per heavy atom. The minimum Gasteiger partial charge on any atom is -0.496 e. The van der Waals surface area contributed by atoms with Gasteiger partial charge in [-0.05, 0) is 69.0 Å². The molecule has 168 valence electrons. The van der Waals surface area contributed by atoms with Crippen molar-refractivity contribution in [1.29, 1.82) is 0 Å². The molecule has 0 saturated heterocycles. The maximum atomic E-state index is 13.9. The van der Waals surface area contributed by atoms with Crippen LogP contribution in [-0.4, -0.2) is 24.4 Å². The van der Waals surface area contributed by atoms with Crippen molar-refractivity contribution in [3.05, 3.63) is 63.8 Å². The summed E-state index contributed by atoms with van der Waals surface area (Å²) in [5.74, 6) is 0.688. The SMILES string of the molecule is COc1cc(F)ccc1-c1c(C)cc2c(c1COC(=O)C1=CCCS1)C(C)=CC(C)(C)N2. The number of fused-ring (bicyclic) bond motifs is 1. The lowest BCUT2D eigenvalue weighted by Gasteiger charge is -2.34. The second-order valence-corrected chi connectivity index (χ2v) is 9.91. The van der Waals surface area contributed by atoms with E-state index in [0.717, 1.165) is 51.3 Å². The van der Waals surface area contributed by atoms with Crippen molar-refractivity contribution in [2.75, 3.05) is 18.2 Å². The van der Waals surface area contributed by atoms with Gasteiger partial charge >= 0.3 is 5.97 Å². The number of allylic oxidation sites excluding steroid dienone is 2. The summed E-state index contributed by atoms with van der Waals surface area (Å²) in [5.41, 5.74) is 6.47. The highest BCUT2D eigenvalue weighted by Gasteiger charge is 2.29. The molecule has 32 heavy (non-hydrogen) atoms. The van der Waals surface area contributed by atoms with Gasteiger partial charge in [-0.1, -0.05) is 12.2 Å². The van der Waals surface area contributed by atoms with Crippen LogP contribution in [0.1, 0.15) is 43.9 Å². The Morgan fingerprint density at radius 3 is 2.69 bits per heavy atom. The number of anilines is 1. The van der Waals surface area contributed by atoms with E-state index < -0.39 is 0 Å². The number of aryl methyl sites for hydroxylation is 1. The molecule has 2 aromatic carbocycles. The predicted octanol–water partition coefficient (Wildman–Crippen LogP) is 6.48. The molecule has 4 rings (SSSR count). The normalized spacial score (nSPS) is 16.6. The molecule has 0 radical (unpaired) electrons. The first-order valence-electron chi connectivity index (χ1n) is 10.7. The molecule has 6 heteroatoms. The summed E-state index contributed by atoms with van der Waals surface area (Å²) >= 11 is 1.53. The molecule has 1 N–H and O–H groups in total. The van der Waals surface area contributed by atoms with E-state index in [4.69, 9.17) is 9.47 Å². The second kappa shape index (κ2) is 8.66. The number of carbonyl (C=O) groups is 1. The van der Waals surface area contributed by atoms with Gasteiger partial charge in [-0.3, -0.25) is 0 Å². The lowest BCUT2D eigenvalue weighted by Crippen LogP contribution is -2.32. The van der Waals surface area contributed by atoms with E-state index in [0.29, 0.717) is 10.7 Å². The van der Waals surface area contributed by atoms with Gasteiger partial charge in [0.25, 0.3) is 0 Å². The molecule has 0 aromatic heterocycles. The highest BCUT2D eigenvalue weighted by Crippen LogP contribution is 2.44. The quantitative estimate of drug-likeness (QED) is 0.525. The monoisotopic (exact) mass is 453 g/mol. The highest BCUT2D eigenvalue weighted by molar-refractivity contribution is 8.04. The van der Waals surface area contributed by atoms with Crippen LogP contribution in [0.4, 0.5) is 10.1 Å². The Labute approximate surface area is 192 Å². The van der Waals surface area contributed by atoms with Gasteiger partial charge in [0.15, 0.2) is 0 Å². The molecule has 0 spiro atoms. The van der Waals surface area contributed by atoms with Crippen LogP contribution < -0.4 is 10.1 Å². The fourth-order valence-electron chi connectivity index (χ4n) is 4.59. The van der Waals surface area contributed by atoms with Crippen molar-refractivity contribution in [2.45, 2.75) is 46.3 Å². The van der Waals surface area contributed by atoms with Gasteiger partial charge in [-0.2, -0.15) is 0 Å². The summed E-state index contributed by atoms with van der Waals surface area (Å²) in [6, 6.07) is 6.64. The lowest BCUT2D eigenvalue weighted by molar-refractivity contribution is -0.139. The van der Waals surface area contributed by atoms with Gasteiger partial charge in [0, 0.05) is 34.2 Å². The molecule has 0 unspecified atom stereocenters. The van der Waals surface area contributed by atoms with Crippen molar-refractivity contribution >= 4 is 29.0 Å². The van der Waals surface area contributed by atoms with Crippen LogP contribution in [0.3, 0.4) is 0 Å². The van der Waals surface area contributed by atoms with Gasteiger partial charge in [0.2, 0.25) is 0 Å². The van der Waals surface area contributed by atoms with Gasteiger partial charge in [-0.15, -0.1) is 11.8 Å². The predicted molar refractivity (Wildman–Crippen MR) is 129 cm³/mol. The van der Waals surface area contributed by atoms with E-state index >= 15 is 0 Å². The molecule has 2 aliphatic rings. The van der Waals surface area contributed by atoms with Crippen LogP contribution >= 0.6 is 11.8 Å². The van der Waals surface area contributed by atoms with Gasteiger partial charge in [0.1, 0.15) is 18.2 Å². The third kappa shape index (κ3) is 4.29. The Morgan fingerprint density at radius 1 is 1.22 bits per heavy atom. The number of hydrogen-bond donors (Lipinski definition) is 1. The first-order chi connectivity index (χ1) is 15.2. The number of benzene rings is 2. The van der Waals surface area contributed by atoms with Gasteiger partial charge in [0.05, 0.1) is 17.6 Å². The first kappa shape index (κ1) is 22.5. The zero-order valence-corrected chi connectivity index (χ0v) is 19.9. The van der Waals surface area contributed by atoms with E-state index in [1.807, 2.05) is 13.0 Å². The molecule has 0 bridgehead atoms. The number of thioether (sulfide) groups is 1. The number of methoxy groups -OCH3 is 1. The molecule has 0 aliphatic carbocycles. The fraction of sp³-hybridized carbons (Fsp3) is 0.346. The fourth-order valence-corrected chi connectivity index (χ4v) is 5.46. The average molecular weight is 454 g/mol. The molecule has 2 aliphatic heterocycles. The Kier molecular flexibility index (Phi) is 6.08. The van der Waals surface area contributed by atoms with Crippen LogP contribution in [0.2, 0.25) is 0 Å². The van der Waals surface area contributed by atoms with Gasteiger partial charge < -0.3 is 14.8 Å². The van der Waals surface area contributed by atoms with E-state index in [1.54, 1.807) is 6.07 Å². The van der Waals surface area contributed by atoms with Crippen LogP contribution in [0.25, 0.3) is 16.7 Å². The maximum absolute atomic E-state index is 13.9. The molecule has 0 saturated carbocycles. The summed E-state index contributed by atoms with van der Waals surface area (Å²) in [6.45, 7) is 8.44. The third-order valence-corrected chi connectivity index (χ3v) is 6.83. The van der Waals surface area contributed by atoms with E-state index in [1.165, 1.54) is 31.0 Å². The van der Waals surface area contributed by atoms with Crippen molar-refractivity contribution in [1.82, 2.24) is 0 Å². The molecule has 0 amide bonds. The minimum absolute atomic E-state index is 0.115. The zero-order chi connectivity index (χ0) is 23.0. The third-order valence-electron chi connectivity index (χ3n) is 5.74. The molecule has 2 heterocycles. The molecular formula is C26H28FNO3S. The lowest BCUT2D eigenvalue weighted by atomic mass is 9.83. The maximum Gasteiger partial charge on any atom is 0.344 e. The molecule has 2 aromatic rings. The van der Waals surface area contributed by atoms with Crippen molar-refractivity contribution < 1.29 is 18.7 Å². The number of ether oxygens (including phenoxy) is 2. The van der Waals surface area contributed by atoms with Crippen molar-refractivity contribution in [2.24, 2.45) is 0 Å². The summed E-state index contributed by atoms with van der Waals surface area (Å²) in [6.07, 6.45) is 4.99. The smallest absolute Gasteiger partial charge is 0.344 e. The van der Waals surface area contributed by atoms with Crippen molar-refractivity contribution in [3.63, 3.8) is 0 Å². The second-order valence-electron chi connectivity index (χ2n) is 8.77. The van der Waals surface area contributed by atoms with E-state index in [-0.39, 0.29) is 23.9 Å². The van der Waals surface area contributed by atoms with Gasteiger partial charge in [-0.25, -0.2) is 9.18 Å². The number of nitrogens with one attached hydrogen (secondary N) is 1. The Balaban J connectivity index is 1.88. The number of esters is 1. The molecule has 0 atom stereocenters. The number of carbonyl (C=O) groups excluding carboxylic acids is 1. The minimum atomic E-state index is -0.362. The number of rotatable bonds is 5. The zero-order valence-electron chi connectivity index (χ0n) is 19.1. The number of hydrogen-bond acceptors (Lipinski definition) is 5. The van der Waals surface area contributed by atoms with E-state index in [9.17, 15) is 9.18 Å². The summed E-state index contributed by atoms with van der Waals surface area (Å²) in [4.78, 5) is 13.3. The molecule has 4 nitrogen and oxygen atoms in total. The van der Waals surface area contributed by atoms with Crippen LogP contribution in [-0.2, 0) is 16.1 Å². The largest absolute Gasteiger partial charge is 0.496 e. The average Bonchev–Trinajstić information content (AvgIpc) is 3.25. The van der Waals surface area contributed by atoms with E-state index in [2.05, 4.69) is 38.2 Å². The van der Waals surface area contributed by atoms with Crippen LogP contribution in [0.15, 0.2) is 41.3 Å². The summed E-state index contributed by atoms with van der Waals surface area (Å²) in [7, 11) is 1.53. The van der Waals surface area contributed by atoms with Crippen LogP contribution in [0.5, 0.6) is 5.75 Å². The Bertz CT molecular complexity index is 1150. The summed E-state index contributed by atoms with van der Waals surface area (Å²) < 4.78 is 25.2. The standard InChI is InChI=1S/C26H28FNO3S/c1-15-11-20-24(16(2)13-26(3,4)28-20)19(14-31-25(29)22-7-6-10-32-22)23(15)18-9-8-17(27)12-21(18)30-5/h7-9,11-13,28H,6,10,14H2,1-5H3. The first-order valence-corrected chi connectivity index (χ1v) is 11.7. The molecular weight excluding hydrogens is 425 g/mol. The van der Waals surface area contributed by atoms with Crippen LogP contribution in [0, 0.1) is 12.7 Å².